The first kappa shape index (κ1) is 21.7. The number of hydrogen-bond donors (Lipinski definition) is 1. The summed E-state index contributed by atoms with van der Waals surface area (Å²) in [5.41, 5.74) is 5.33. The van der Waals surface area contributed by atoms with Crippen molar-refractivity contribution in [2.24, 2.45) is 0 Å². The number of carboxylic acid groups (broad SMARTS) is 1. The molecule has 7 rings (SSSR count). The second-order valence-electron chi connectivity index (χ2n) is 9.81. The van der Waals surface area contributed by atoms with Gasteiger partial charge in [-0.1, -0.05) is 12.1 Å². The highest BCUT2D eigenvalue weighted by atomic mass is 16.4. The lowest BCUT2D eigenvalue weighted by atomic mass is 9.91. The number of aromatic nitrogens is 5. The third kappa shape index (κ3) is 3.66. The molecule has 184 valence electrons. The summed E-state index contributed by atoms with van der Waals surface area (Å²) in [5, 5.41) is 10.3. The number of hydrogen-bond acceptors (Lipinski definition) is 6. The molecule has 1 aliphatic carbocycles. The number of nitrogens with zero attached hydrogens (tertiary/aromatic N) is 7. The van der Waals surface area contributed by atoms with E-state index in [1.165, 1.54) is 10.5 Å². The summed E-state index contributed by atoms with van der Waals surface area (Å²) in [7, 11) is 0. The molecule has 2 aliphatic rings. The summed E-state index contributed by atoms with van der Waals surface area (Å²) >= 11 is 0. The van der Waals surface area contributed by atoms with Gasteiger partial charge in [0.15, 0.2) is 0 Å². The van der Waals surface area contributed by atoms with Crippen LogP contribution in [0.4, 0.5) is 10.6 Å². The van der Waals surface area contributed by atoms with Gasteiger partial charge in [-0.15, -0.1) is 0 Å². The van der Waals surface area contributed by atoms with Gasteiger partial charge in [0.05, 0.1) is 17.4 Å². The molecule has 0 bridgehead atoms. The quantitative estimate of drug-likeness (QED) is 0.402. The molecule has 1 amide bonds. The van der Waals surface area contributed by atoms with Gasteiger partial charge < -0.3 is 14.9 Å². The van der Waals surface area contributed by atoms with Crippen LogP contribution in [0.5, 0.6) is 0 Å². The Morgan fingerprint density at radius 2 is 1.68 bits per heavy atom. The zero-order chi connectivity index (χ0) is 25.0. The molecule has 5 heterocycles. The van der Waals surface area contributed by atoms with Crippen LogP contribution in [0, 0.1) is 0 Å². The third-order valence-corrected chi connectivity index (χ3v) is 7.72. The average molecular weight is 492 g/mol. The number of rotatable bonds is 4. The Morgan fingerprint density at radius 1 is 0.865 bits per heavy atom. The lowest BCUT2D eigenvalue weighted by Gasteiger charge is -2.33. The predicted octanol–water partition coefficient (Wildman–Crippen LogP) is 4.22. The lowest BCUT2D eigenvalue weighted by molar-refractivity contribution is 0.142. The van der Waals surface area contributed by atoms with Crippen LogP contribution in [0.1, 0.15) is 24.1 Å². The SMILES string of the molecule is O=C(O)N1CCN(c2ccc(-c3cnc4ncc(C5(c6ccc7ncccc7c6)CC5)n4c3)cn2)CC1. The smallest absolute Gasteiger partial charge is 0.407 e. The van der Waals surface area contributed by atoms with Gasteiger partial charge >= 0.3 is 6.09 Å². The largest absolute Gasteiger partial charge is 0.465 e. The van der Waals surface area contributed by atoms with E-state index in [4.69, 9.17) is 0 Å². The summed E-state index contributed by atoms with van der Waals surface area (Å²) in [6.45, 7) is 2.24. The predicted molar refractivity (Wildman–Crippen MR) is 140 cm³/mol. The summed E-state index contributed by atoms with van der Waals surface area (Å²) < 4.78 is 2.12. The van der Waals surface area contributed by atoms with Crippen LogP contribution >= 0.6 is 0 Å². The molecule has 0 radical (unpaired) electrons. The van der Waals surface area contributed by atoms with E-state index >= 15 is 0 Å². The molecule has 1 saturated carbocycles. The Kier molecular flexibility index (Phi) is 4.85. The topological polar surface area (TPSA) is 99.8 Å². The number of fused-ring (bicyclic) bond motifs is 2. The standard InChI is InChI=1S/C28H25N7O2/c36-27(37)34-12-10-33(11-13-34)25-6-3-20(15-30-25)21-16-31-26-32-17-24(35(26)18-21)28(7-8-28)22-4-5-23-19(14-22)2-1-9-29-23/h1-6,9,14-18H,7-8,10-13H2,(H,36,37). The molecule has 0 unspecified atom stereocenters. The third-order valence-electron chi connectivity index (χ3n) is 7.72. The van der Waals surface area contributed by atoms with Crippen LogP contribution in [-0.2, 0) is 5.41 Å². The molecule has 37 heavy (non-hydrogen) atoms. The van der Waals surface area contributed by atoms with Gasteiger partial charge in [0.2, 0.25) is 5.78 Å². The van der Waals surface area contributed by atoms with E-state index in [0.29, 0.717) is 32.0 Å². The highest BCUT2D eigenvalue weighted by Gasteiger charge is 2.48. The van der Waals surface area contributed by atoms with Gasteiger partial charge in [-0.05, 0) is 48.7 Å². The van der Waals surface area contributed by atoms with Crippen LogP contribution in [0.2, 0.25) is 0 Å². The number of benzene rings is 1. The molecule has 9 nitrogen and oxygen atoms in total. The molecular weight excluding hydrogens is 466 g/mol. The molecule has 9 heteroatoms. The van der Waals surface area contributed by atoms with E-state index in [-0.39, 0.29) is 5.41 Å². The Morgan fingerprint density at radius 3 is 2.43 bits per heavy atom. The molecule has 5 aromatic rings. The van der Waals surface area contributed by atoms with Crippen LogP contribution < -0.4 is 4.90 Å². The van der Waals surface area contributed by atoms with Gasteiger partial charge in [0, 0.05) is 72.9 Å². The first-order chi connectivity index (χ1) is 18.1. The maximum atomic E-state index is 11.2. The van der Waals surface area contributed by atoms with Crippen molar-refractivity contribution in [1.29, 1.82) is 0 Å². The maximum Gasteiger partial charge on any atom is 0.407 e. The lowest BCUT2D eigenvalue weighted by Crippen LogP contribution is -2.48. The summed E-state index contributed by atoms with van der Waals surface area (Å²) in [6.07, 6.45) is 10.9. The van der Waals surface area contributed by atoms with Crippen molar-refractivity contribution < 1.29 is 9.90 Å². The molecule has 0 spiro atoms. The minimum atomic E-state index is -0.865. The second-order valence-corrected chi connectivity index (χ2v) is 9.81. The van der Waals surface area contributed by atoms with Crippen molar-refractivity contribution in [3.8, 4) is 11.1 Å². The summed E-state index contributed by atoms with van der Waals surface area (Å²) in [6, 6.07) is 14.7. The number of anilines is 1. The van der Waals surface area contributed by atoms with Gasteiger partial charge in [-0.25, -0.2) is 19.7 Å². The average Bonchev–Trinajstić information content (AvgIpc) is 3.65. The van der Waals surface area contributed by atoms with Gasteiger partial charge in [-0.3, -0.25) is 9.38 Å². The molecule has 1 aromatic carbocycles. The Hall–Kier alpha value is -4.53. The highest BCUT2D eigenvalue weighted by Crippen LogP contribution is 2.53. The Labute approximate surface area is 213 Å². The van der Waals surface area contributed by atoms with Crippen LogP contribution in [0.15, 0.2) is 73.4 Å². The number of imidazole rings is 1. The number of carbonyl (C=O) groups is 1. The highest BCUT2D eigenvalue weighted by molar-refractivity contribution is 5.79. The van der Waals surface area contributed by atoms with Crippen LogP contribution in [0.25, 0.3) is 27.8 Å². The Bertz CT molecular complexity index is 1630. The minimum Gasteiger partial charge on any atom is -0.465 e. The van der Waals surface area contributed by atoms with Crippen molar-refractivity contribution in [3.05, 3.63) is 84.7 Å². The van der Waals surface area contributed by atoms with Crippen molar-refractivity contribution in [1.82, 2.24) is 29.2 Å². The van der Waals surface area contributed by atoms with E-state index in [9.17, 15) is 9.90 Å². The van der Waals surface area contributed by atoms with Crippen molar-refractivity contribution in [3.63, 3.8) is 0 Å². The van der Waals surface area contributed by atoms with E-state index in [1.54, 1.807) is 0 Å². The first-order valence-electron chi connectivity index (χ1n) is 12.5. The molecule has 1 aliphatic heterocycles. The van der Waals surface area contributed by atoms with E-state index in [0.717, 1.165) is 46.4 Å². The fourth-order valence-corrected chi connectivity index (χ4v) is 5.44. The zero-order valence-corrected chi connectivity index (χ0v) is 20.2. The van der Waals surface area contributed by atoms with Gasteiger partial charge in [0.1, 0.15) is 5.82 Å². The van der Waals surface area contributed by atoms with Crippen molar-refractivity contribution in [2.75, 3.05) is 31.1 Å². The minimum absolute atomic E-state index is 0.0655. The number of pyridine rings is 2. The zero-order valence-electron chi connectivity index (χ0n) is 20.2. The molecule has 4 aromatic heterocycles. The van der Waals surface area contributed by atoms with Gasteiger partial charge in [-0.2, -0.15) is 0 Å². The molecule has 1 N–H and O–H groups in total. The fourth-order valence-electron chi connectivity index (χ4n) is 5.44. The van der Waals surface area contributed by atoms with Crippen LogP contribution in [-0.4, -0.2) is 66.6 Å². The first-order valence-corrected chi connectivity index (χ1v) is 12.5. The number of amides is 1. The summed E-state index contributed by atoms with van der Waals surface area (Å²) in [4.78, 5) is 33.1. The van der Waals surface area contributed by atoms with Crippen LogP contribution in [0.3, 0.4) is 0 Å². The van der Waals surface area contributed by atoms with Crippen molar-refractivity contribution in [2.45, 2.75) is 18.3 Å². The normalized spacial score (nSPS) is 16.9. The van der Waals surface area contributed by atoms with E-state index < -0.39 is 6.09 Å². The fraction of sp³-hybridized carbons (Fsp3) is 0.250. The second kappa shape index (κ2) is 8.26. The Balaban J connectivity index is 1.19. The number of piperazine rings is 1. The molecular formula is C28H25N7O2. The molecule has 2 fully saturated rings. The molecule has 0 atom stereocenters. The van der Waals surface area contributed by atoms with E-state index in [2.05, 4.69) is 65.8 Å². The van der Waals surface area contributed by atoms with Gasteiger partial charge in [0.25, 0.3) is 0 Å². The summed E-state index contributed by atoms with van der Waals surface area (Å²) in [5.74, 6) is 1.54. The van der Waals surface area contributed by atoms with E-state index in [1.807, 2.05) is 36.9 Å². The van der Waals surface area contributed by atoms with Crippen molar-refractivity contribution >= 4 is 28.6 Å². The monoisotopic (exact) mass is 491 g/mol. The maximum absolute atomic E-state index is 11.2. The molecule has 1 saturated heterocycles.